The van der Waals surface area contributed by atoms with Gasteiger partial charge >= 0.3 is 0 Å². The van der Waals surface area contributed by atoms with Crippen molar-refractivity contribution in [1.82, 2.24) is 4.90 Å². The molecule has 3 unspecified atom stereocenters. The van der Waals surface area contributed by atoms with Crippen LogP contribution in [-0.2, 0) is 9.53 Å². The number of carbonyl (C=O) groups is 1. The molecule has 0 aromatic rings. The molecule has 0 aromatic heterocycles. The quantitative estimate of drug-likeness (QED) is 0.783. The Balaban J connectivity index is 1.81. The monoisotopic (exact) mass is 266 g/mol. The Morgan fingerprint density at radius 3 is 2.47 bits per heavy atom. The Labute approximate surface area is 115 Å². The van der Waals surface area contributed by atoms with Crippen molar-refractivity contribution >= 4 is 5.91 Å². The van der Waals surface area contributed by atoms with Gasteiger partial charge in [0.1, 0.15) is 5.54 Å². The summed E-state index contributed by atoms with van der Waals surface area (Å²) < 4.78 is 5.77. The summed E-state index contributed by atoms with van der Waals surface area (Å²) >= 11 is 0. The van der Waals surface area contributed by atoms with Crippen LogP contribution in [0.4, 0.5) is 0 Å². The van der Waals surface area contributed by atoms with E-state index in [0.29, 0.717) is 0 Å². The van der Waals surface area contributed by atoms with E-state index in [0.717, 1.165) is 39.0 Å². The van der Waals surface area contributed by atoms with Gasteiger partial charge in [0, 0.05) is 31.0 Å². The van der Waals surface area contributed by atoms with E-state index in [-0.39, 0.29) is 23.3 Å². The molecule has 108 valence electrons. The van der Waals surface area contributed by atoms with Crippen LogP contribution < -0.4 is 5.73 Å². The third-order valence-electron chi connectivity index (χ3n) is 5.70. The Morgan fingerprint density at radius 2 is 1.84 bits per heavy atom. The van der Waals surface area contributed by atoms with Crippen molar-refractivity contribution in [3.63, 3.8) is 0 Å². The summed E-state index contributed by atoms with van der Waals surface area (Å²) in [6.45, 7) is 6.70. The largest absolute Gasteiger partial charge is 0.377 e. The van der Waals surface area contributed by atoms with Gasteiger partial charge in [0.05, 0.1) is 6.10 Å². The number of nitrogens with two attached hydrogens (primary N) is 1. The highest BCUT2D eigenvalue weighted by Crippen LogP contribution is 2.58. The summed E-state index contributed by atoms with van der Waals surface area (Å²) in [5.41, 5.74) is 5.67. The zero-order chi connectivity index (χ0) is 13.7. The summed E-state index contributed by atoms with van der Waals surface area (Å²) in [4.78, 5) is 15.0. The van der Waals surface area contributed by atoms with Crippen molar-refractivity contribution in [3.05, 3.63) is 0 Å². The van der Waals surface area contributed by atoms with E-state index in [4.69, 9.17) is 10.5 Å². The van der Waals surface area contributed by atoms with E-state index in [2.05, 4.69) is 13.8 Å². The number of rotatable bonds is 1. The van der Waals surface area contributed by atoms with Crippen molar-refractivity contribution in [3.8, 4) is 0 Å². The van der Waals surface area contributed by atoms with E-state index in [1.807, 2.05) is 4.90 Å². The molecule has 2 aliphatic heterocycles. The van der Waals surface area contributed by atoms with Gasteiger partial charge in [0.15, 0.2) is 0 Å². The van der Waals surface area contributed by atoms with Gasteiger partial charge in [-0.2, -0.15) is 0 Å². The number of hydrogen-bond donors (Lipinski definition) is 1. The van der Waals surface area contributed by atoms with Gasteiger partial charge in [-0.3, -0.25) is 4.79 Å². The van der Waals surface area contributed by atoms with Gasteiger partial charge in [0.2, 0.25) is 5.91 Å². The molecule has 2 saturated heterocycles. The minimum atomic E-state index is -0.710. The second-order valence-corrected chi connectivity index (χ2v) is 6.98. The smallest absolute Gasteiger partial charge is 0.243 e. The molecule has 1 amide bonds. The third-order valence-corrected chi connectivity index (χ3v) is 5.70. The highest BCUT2D eigenvalue weighted by molar-refractivity contribution is 5.89. The molecule has 3 atom stereocenters. The van der Waals surface area contributed by atoms with Crippen LogP contribution in [0.1, 0.15) is 46.0 Å². The number of fused-ring (bicyclic) bond motifs is 1. The van der Waals surface area contributed by atoms with Crippen molar-refractivity contribution in [2.45, 2.75) is 57.6 Å². The average molecular weight is 266 g/mol. The maximum absolute atomic E-state index is 13.0. The lowest BCUT2D eigenvalue weighted by Gasteiger charge is -2.61. The Morgan fingerprint density at radius 1 is 1.21 bits per heavy atom. The molecule has 2 N–H and O–H groups in total. The predicted octanol–water partition coefficient (Wildman–Crippen LogP) is 1.53. The maximum atomic E-state index is 13.0. The van der Waals surface area contributed by atoms with E-state index in [9.17, 15) is 4.79 Å². The first-order valence-corrected chi connectivity index (χ1v) is 7.69. The molecule has 19 heavy (non-hydrogen) atoms. The molecule has 3 rings (SSSR count). The van der Waals surface area contributed by atoms with Gasteiger partial charge < -0.3 is 15.4 Å². The maximum Gasteiger partial charge on any atom is 0.243 e. The SMILES string of the molecule is CC1(C)C2OCCC2C1(N)C(=O)N1CCCCCC1. The van der Waals surface area contributed by atoms with Crippen LogP contribution in [0.5, 0.6) is 0 Å². The second kappa shape index (κ2) is 4.45. The topological polar surface area (TPSA) is 55.6 Å². The third kappa shape index (κ3) is 1.69. The number of nitrogens with zero attached hydrogens (tertiary/aromatic N) is 1. The fourth-order valence-corrected chi connectivity index (χ4v) is 4.35. The fraction of sp³-hybridized carbons (Fsp3) is 0.933. The first-order chi connectivity index (χ1) is 8.99. The molecule has 3 fully saturated rings. The van der Waals surface area contributed by atoms with Crippen molar-refractivity contribution < 1.29 is 9.53 Å². The van der Waals surface area contributed by atoms with Gasteiger partial charge in [0.25, 0.3) is 0 Å². The van der Waals surface area contributed by atoms with Gasteiger partial charge in [-0.15, -0.1) is 0 Å². The summed E-state index contributed by atoms with van der Waals surface area (Å²) in [7, 11) is 0. The molecule has 3 aliphatic rings. The molecule has 2 heterocycles. The average Bonchev–Trinajstić information content (AvgIpc) is 2.71. The number of hydrogen-bond acceptors (Lipinski definition) is 3. The molecule has 1 saturated carbocycles. The van der Waals surface area contributed by atoms with Crippen molar-refractivity contribution in [2.75, 3.05) is 19.7 Å². The van der Waals surface area contributed by atoms with E-state index in [1.54, 1.807) is 0 Å². The number of carbonyl (C=O) groups excluding carboxylic acids is 1. The minimum absolute atomic E-state index is 0.172. The zero-order valence-corrected chi connectivity index (χ0v) is 12.2. The van der Waals surface area contributed by atoms with Crippen LogP contribution in [0, 0.1) is 11.3 Å². The Bertz CT molecular complexity index is 374. The first-order valence-electron chi connectivity index (χ1n) is 7.69. The normalized spacial score (nSPS) is 41.3. The molecule has 1 aliphatic carbocycles. The lowest BCUT2D eigenvalue weighted by atomic mass is 9.47. The van der Waals surface area contributed by atoms with Crippen molar-refractivity contribution in [1.29, 1.82) is 0 Å². The van der Waals surface area contributed by atoms with E-state index in [1.165, 1.54) is 12.8 Å². The molecule has 0 bridgehead atoms. The molecule has 0 aromatic carbocycles. The molecular weight excluding hydrogens is 240 g/mol. The van der Waals surface area contributed by atoms with Crippen LogP contribution >= 0.6 is 0 Å². The highest BCUT2D eigenvalue weighted by atomic mass is 16.5. The van der Waals surface area contributed by atoms with Crippen LogP contribution in [0.3, 0.4) is 0 Å². The van der Waals surface area contributed by atoms with Gasteiger partial charge in [-0.25, -0.2) is 0 Å². The number of likely N-dealkylation sites (tertiary alicyclic amines) is 1. The summed E-state index contributed by atoms with van der Waals surface area (Å²) in [6.07, 6.45) is 5.82. The lowest BCUT2D eigenvalue weighted by Crippen LogP contribution is -2.80. The Hall–Kier alpha value is -0.610. The molecule has 0 spiro atoms. The molecule has 4 heteroatoms. The summed E-state index contributed by atoms with van der Waals surface area (Å²) in [5, 5.41) is 0. The van der Waals surface area contributed by atoms with Crippen LogP contribution in [0.15, 0.2) is 0 Å². The minimum Gasteiger partial charge on any atom is -0.377 e. The second-order valence-electron chi connectivity index (χ2n) is 6.98. The van der Waals surface area contributed by atoms with E-state index >= 15 is 0 Å². The summed E-state index contributed by atoms with van der Waals surface area (Å²) in [6, 6.07) is 0. The van der Waals surface area contributed by atoms with Gasteiger partial charge in [-0.05, 0) is 19.3 Å². The van der Waals surface area contributed by atoms with Crippen LogP contribution in [-0.4, -0.2) is 42.1 Å². The van der Waals surface area contributed by atoms with Crippen molar-refractivity contribution in [2.24, 2.45) is 17.1 Å². The summed E-state index contributed by atoms with van der Waals surface area (Å²) in [5.74, 6) is 0.393. The molecular formula is C15H26N2O2. The first kappa shape index (κ1) is 13.4. The zero-order valence-electron chi connectivity index (χ0n) is 12.2. The molecule has 4 nitrogen and oxygen atoms in total. The lowest BCUT2D eigenvalue weighted by molar-refractivity contribution is -0.184. The Kier molecular flexibility index (Phi) is 3.13. The van der Waals surface area contributed by atoms with Gasteiger partial charge in [-0.1, -0.05) is 26.7 Å². The van der Waals surface area contributed by atoms with Crippen LogP contribution in [0.25, 0.3) is 0 Å². The molecule has 0 radical (unpaired) electrons. The number of ether oxygens (including phenoxy) is 1. The standard InChI is InChI=1S/C15H26N2O2/c1-14(2)12-11(7-10-19-12)15(14,16)13(18)17-8-5-3-4-6-9-17/h11-12H,3-10,16H2,1-2H3. The van der Waals surface area contributed by atoms with E-state index < -0.39 is 5.54 Å². The predicted molar refractivity (Wildman–Crippen MR) is 73.6 cm³/mol. The highest BCUT2D eigenvalue weighted by Gasteiger charge is 2.71. The number of amides is 1. The van der Waals surface area contributed by atoms with Crippen LogP contribution in [0.2, 0.25) is 0 Å². The fourth-order valence-electron chi connectivity index (χ4n) is 4.35.